The number of hydrogen-bond donors (Lipinski definition) is 9. The number of imidazole rings is 1. The molecule has 0 bridgehead atoms. The van der Waals surface area contributed by atoms with E-state index in [0.29, 0.717) is 13.0 Å². The molecule has 6 rings (SSSR count). The number of fused-ring (bicyclic) bond motifs is 3. The Bertz CT molecular complexity index is 2550. The monoisotopic (exact) mass is 926 g/mol. The van der Waals surface area contributed by atoms with E-state index in [0.717, 1.165) is 44.4 Å². The van der Waals surface area contributed by atoms with E-state index in [1.165, 1.54) is 10.9 Å². The van der Waals surface area contributed by atoms with E-state index in [9.17, 15) is 38.2 Å². The molecule has 28 heteroatoms. The first-order valence-electron chi connectivity index (χ1n) is 18.7. The van der Waals surface area contributed by atoms with Gasteiger partial charge >= 0.3 is 29.4 Å². The summed E-state index contributed by atoms with van der Waals surface area (Å²) in [6.07, 6.45) is -4.49. The number of aryl methyl sites for hydroxylation is 1. The number of anilines is 3. The molecule has 3 aromatic heterocycles. The summed E-state index contributed by atoms with van der Waals surface area (Å²) in [5.41, 5.74) is 10.2. The fourth-order valence-electron chi connectivity index (χ4n) is 6.67. The van der Waals surface area contributed by atoms with E-state index in [1.54, 1.807) is 0 Å². The second kappa shape index (κ2) is 18.9. The number of hydrogen-bond acceptors (Lipinski definition) is 16. The minimum atomic E-state index is -5.59. The van der Waals surface area contributed by atoms with Gasteiger partial charge in [-0.05, 0) is 30.3 Å². The number of carbonyl (C=O) groups is 2. The van der Waals surface area contributed by atoms with E-state index in [1.807, 2.05) is 38.0 Å². The van der Waals surface area contributed by atoms with E-state index in [-0.39, 0.29) is 42.4 Å². The molecule has 62 heavy (non-hydrogen) atoms. The number of nitrogens with zero attached hydrogens (tertiary/aromatic N) is 7. The lowest BCUT2D eigenvalue weighted by atomic mass is 10.1. The molecular formula is C34H47N11O14P3+. The minimum Gasteiger partial charge on any atom is -0.439 e. The molecule has 2 aromatic carbocycles. The number of ether oxygens (including phenoxy) is 2. The summed E-state index contributed by atoms with van der Waals surface area (Å²) in [5.74, 6) is -0.276. The Morgan fingerprint density at radius 3 is 2.16 bits per heavy atom. The van der Waals surface area contributed by atoms with E-state index < -0.39 is 60.6 Å². The Morgan fingerprint density at radius 2 is 1.55 bits per heavy atom. The molecule has 1 fully saturated rings. The lowest BCUT2D eigenvalue weighted by Gasteiger charge is -2.22. The number of rotatable bonds is 18. The van der Waals surface area contributed by atoms with Gasteiger partial charge in [0, 0.05) is 88.4 Å². The summed E-state index contributed by atoms with van der Waals surface area (Å²) in [4.78, 5) is 80.3. The molecule has 5 aromatic rings. The maximum absolute atomic E-state index is 13.0. The maximum Gasteiger partial charge on any atom is 0.480 e. The highest BCUT2D eigenvalue weighted by Gasteiger charge is 2.49. The molecule has 0 saturated carbocycles. The smallest absolute Gasteiger partial charge is 0.439 e. The van der Waals surface area contributed by atoms with Crippen molar-refractivity contribution < 1.29 is 70.8 Å². The fourth-order valence-corrected chi connectivity index (χ4v) is 10.1. The lowest BCUT2D eigenvalue weighted by molar-refractivity contribution is -0.645. The van der Waals surface area contributed by atoms with Gasteiger partial charge in [0.25, 0.3) is 0 Å². The van der Waals surface area contributed by atoms with Crippen LogP contribution in [0.25, 0.3) is 33.0 Å². The quantitative estimate of drug-likeness (QED) is 0.0256. The SMILES string of the molecule is CN(C)c1ccc2cc3ccc(N(C)C)cc3[n+](CCCC(=O)NCCNC(=O)O[C@@H]3[C@H](O)[C@@H](COP(=O)(O)OP(=O)(O)NP(=O)(O)O)O[C@H]3n3cnc4c(N)ncnc43)c2c1. The van der Waals surface area contributed by atoms with Crippen LogP contribution in [0.5, 0.6) is 0 Å². The zero-order chi connectivity index (χ0) is 45.1. The molecule has 0 spiro atoms. The zero-order valence-electron chi connectivity index (χ0n) is 33.7. The molecule has 25 nitrogen and oxygen atoms in total. The van der Waals surface area contributed by atoms with Crippen LogP contribution < -0.4 is 35.6 Å². The number of carbonyl (C=O) groups excluding carboxylic acids is 2. The van der Waals surface area contributed by atoms with Gasteiger partial charge in [-0.15, -0.1) is 4.86 Å². The van der Waals surface area contributed by atoms with Crippen molar-refractivity contribution >= 4 is 85.5 Å². The summed E-state index contributed by atoms with van der Waals surface area (Å²) in [7, 11) is -8.66. The van der Waals surface area contributed by atoms with Crippen molar-refractivity contribution in [1.29, 1.82) is 0 Å². The Balaban J connectivity index is 1.06. The third-order valence-corrected chi connectivity index (χ3v) is 13.8. The molecule has 10 N–H and O–H groups in total. The summed E-state index contributed by atoms with van der Waals surface area (Å²) >= 11 is 0. The van der Waals surface area contributed by atoms with Gasteiger partial charge in [0.1, 0.15) is 30.6 Å². The number of pyridine rings is 1. The van der Waals surface area contributed by atoms with Crippen LogP contribution in [0.3, 0.4) is 0 Å². The molecule has 0 aliphatic carbocycles. The first-order valence-corrected chi connectivity index (χ1v) is 23.4. The first-order chi connectivity index (χ1) is 29.1. The van der Waals surface area contributed by atoms with Gasteiger partial charge in [-0.3, -0.25) is 13.9 Å². The summed E-state index contributed by atoms with van der Waals surface area (Å²) in [6, 6.07) is 14.7. The predicted molar refractivity (Wildman–Crippen MR) is 222 cm³/mol. The molecule has 1 saturated heterocycles. The molecule has 2 unspecified atom stereocenters. The normalized spacial score (nSPS) is 19.9. The van der Waals surface area contributed by atoms with Gasteiger partial charge in [-0.2, -0.15) is 8.88 Å². The molecule has 1 aliphatic heterocycles. The number of benzene rings is 2. The Kier molecular flexibility index (Phi) is 14.2. The van der Waals surface area contributed by atoms with E-state index >= 15 is 0 Å². The van der Waals surface area contributed by atoms with Gasteiger partial charge in [0.05, 0.1) is 12.9 Å². The summed E-state index contributed by atoms with van der Waals surface area (Å²) in [6.45, 7) is -0.577. The molecular weight excluding hydrogens is 879 g/mol. The third kappa shape index (κ3) is 11.4. The molecule has 2 amide bonds. The van der Waals surface area contributed by atoms with E-state index in [2.05, 4.69) is 81.5 Å². The molecule has 1 aliphatic rings. The largest absolute Gasteiger partial charge is 0.480 e. The Hall–Kier alpha value is -4.87. The van der Waals surface area contributed by atoms with Crippen molar-refractivity contribution in [1.82, 2.24) is 35.0 Å². The van der Waals surface area contributed by atoms with Crippen LogP contribution in [0.4, 0.5) is 22.0 Å². The van der Waals surface area contributed by atoms with Crippen LogP contribution in [0.2, 0.25) is 0 Å². The molecule has 4 heterocycles. The van der Waals surface area contributed by atoms with Gasteiger partial charge in [0.2, 0.25) is 16.9 Å². The van der Waals surface area contributed by atoms with Crippen molar-refractivity contribution in [3.05, 3.63) is 55.1 Å². The number of alkyl carbamates (subject to hydrolysis) is 1. The van der Waals surface area contributed by atoms with Gasteiger partial charge in [-0.1, -0.05) is 0 Å². The number of phosphoric acid groups is 1. The maximum atomic E-state index is 13.0. The number of aliphatic hydroxyl groups is 1. The van der Waals surface area contributed by atoms with Crippen molar-refractivity contribution in [2.45, 2.75) is 43.9 Å². The number of phosphoric ester groups is 1. The standard InChI is InChI=1S/C34H46N11O14P3/c1-42(2)22-9-7-20-14-21-8-10-23(43(3)4)16-25(21)44(24(20)15-22)13-5-6-27(46)36-11-12-37-34(48)58-30-29(47)26(17-56-62(54,55)59-61(52,53)41-60(49,50)51)57-33(30)45-19-40-28-31(35)38-18-39-32(28)45/h7-10,14-16,18-19,26,29-30,33,47H,5-6,11-13,17H2,1-4H3,(H8-,35,36,37,38,39,41,46,48,49,50,51,52,53,54,55)/p+1/t26-,29-,30-,33-/m1/s1. The van der Waals surface area contributed by atoms with Crippen LogP contribution in [-0.2, 0) is 43.3 Å². The second-order valence-electron chi connectivity index (χ2n) is 14.5. The van der Waals surface area contributed by atoms with Gasteiger partial charge < -0.3 is 60.3 Å². The van der Waals surface area contributed by atoms with Crippen LogP contribution >= 0.6 is 23.3 Å². The van der Waals surface area contributed by atoms with Crippen molar-refractivity contribution in [2.75, 3.05) is 63.4 Å². The Labute approximate surface area is 353 Å². The second-order valence-corrected chi connectivity index (χ2v) is 19.2. The number of nitrogens with one attached hydrogen (secondary N) is 3. The summed E-state index contributed by atoms with van der Waals surface area (Å²) in [5, 5.41) is 18.5. The predicted octanol–water partition coefficient (Wildman–Crippen LogP) is 1.00. The van der Waals surface area contributed by atoms with Crippen LogP contribution in [-0.4, -0.2) is 122 Å². The van der Waals surface area contributed by atoms with Gasteiger partial charge in [-0.25, -0.2) is 33.4 Å². The number of nitrogens with two attached hydrogens (primary N) is 1. The summed E-state index contributed by atoms with van der Waals surface area (Å²) < 4.78 is 58.8. The molecule has 6 atom stereocenters. The highest BCUT2D eigenvalue weighted by molar-refractivity contribution is 7.70. The van der Waals surface area contributed by atoms with Gasteiger partial charge in [0.15, 0.2) is 23.8 Å². The van der Waals surface area contributed by atoms with Crippen LogP contribution in [0.15, 0.2) is 55.1 Å². The van der Waals surface area contributed by atoms with Crippen LogP contribution in [0, 0.1) is 0 Å². The minimum absolute atomic E-state index is 0.0139. The first kappa shape index (κ1) is 46.6. The number of aromatic nitrogens is 5. The zero-order valence-corrected chi connectivity index (χ0v) is 36.4. The number of nitrogen functional groups attached to an aromatic ring is 1. The number of amides is 2. The van der Waals surface area contributed by atoms with Crippen molar-refractivity contribution in [3.8, 4) is 0 Å². The molecule has 0 radical (unpaired) electrons. The Morgan fingerprint density at radius 1 is 0.919 bits per heavy atom. The fraction of sp³-hybridized carbons (Fsp3) is 0.412. The lowest BCUT2D eigenvalue weighted by Crippen LogP contribution is -2.41. The molecule has 336 valence electrons. The van der Waals surface area contributed by atoms with E-state index in [4.69, 9.17) is 25.0 Å². The topological polar surface area (TPSA) is 339 Å². The van der Waals surface area contributed by atoms with Crippen molar-refractivity contribution in [3.63, 3.8) is 0 Å². The highest BCUT2D eigenvalue weighted by Crippen LogP contribution is 2.61. The average molecular weight is 927 g/mol. The average Bonchev–Trinajstić information content (AvgIpc) is 3.74. The van der Waals surface area contributed by atoms with Crippen molar-refractivity contribution in [2.24, 2.45) is 0 Å². The van der Waals surface area contributed by atoms with Crippen LogP contribution in [0.1, 0.15) is 19.1 Å². The highest BCUT2D eigenvalue weighted by atomic mass is 31.3. The third-order valence-electron chi connectivity index (χ3n) is 9.55. The number of aliphatic hydroxyl groups excluding tert-OH is 1.